The van der Waals surface area contributed by atoms with E-state index in [-0.39, 0.29) is 11.5 Å². The van der Waals surface area contributed by atoms with Crippen LogP contribution in [0, 0.1) is 0 Å². The Balaban J connectivity index is 1.70. The topological polar surface area (TPSA) is 51.7 Å². The molecule has 5 nitrogen and oxygen atoms in total. The number of hydrogen-bond donors (Lipinski definition) is 0. The van der Waals surface area contributed by atoms with Crippen molar-refractivity contribution in [3.05, 3.63) is 59.9 Å². The number of amides is 1. The molecule has 1 saturated heterocycles. The lowest BCUT2D eigenvalue weighted by molar-refractivity contribution is -0.0550. The number of fused-ring (bicyclic) bond motifs is 1. The average Bonchev–Trinajstić information content (AvgIpc) is 2.79. The molecule has 2 aliphatic heterocycles. The predicted octanol–water partition coefficient (Wildman–Crippen LogP) is 2.67. The van der Waals surface area contributed by atoms with Gasteiger partial charge in [0.2, 0.25) is 0 Å². The molecule has 0 saturated carbocycles. The normalized spacial score (nSPS) is 19.2. The molecule has 0 unspecified atom stereocenters. The van der Waals surface area contributed by atoms with Gasteiger partial charge in [-0.25, -0.2) is 0 Å². The Morgan fingerprint density at radius 1 is 1.12 bits per heavy atom. The molecule has 24 heavy (non-hydrogen) atoms. The summed E-state index contributed by atoms with van der Waals surface area (Å²) < 4.78 is 11.9. The van der Waals surface area contributed by atoms with Gasteiger partial charge < -0.3 is 14.4 Å². The summed E-state index contributed by atoms with van der Waals surface area (Å²) in [7, 11) is 0. The summed E-state index contributed by atoms with van der Waals surface area (Å²) in [5.74, 6) is 0.871. The minimum Gasteiger partial charge on any atom is -0.485 e. The third-order valence-corrected chi connectivity index (χ3v) is 4.74. The molecule has 2 aliphatic rings. The van der Waals surface area contributed by atoms with Crippen LogP contribution in [0.4, 0.5) is 0 Å². The van der Waals surface area contributed by atoms with Gasteiger partial charge >= 0.3 is 0 Å². The van der Waals surface area contributed by atoms with E-state index in [0.717, 1.165) is 24.2 Å². The van der Waals surface area contributed by atoms with Crippen molar-refractivity contribution in [2.75, 3.05) is 19.8 Å². The van der Waals surface area contributed by atoms with E-state index in [9.17, 15) is 4.79 Å². The van der Waals surface area contributed by atoms with Gasteiger partial charge in [0.05, 0.1) is 25.3 Å². The van der Waals surface area contributed by atoms with Crippen molar-refractivity contribution in [3.8, 4) is 5.75 Å². The van der Waals surface area contributed by atoms with E-state index in [2.05, 4.69) is 4.98 Å². The predicted molar refractivity (Wildman–Crippen MR) is 88.8 cm³/mol. The van der Waals surface area contributed by atoms with Gasteiger partial charge in [-0.3, -0.25) is 9.78 Å². The molecule has 2 aromatic rings. The lowest BCUT2D eigenvalue weighted by Gasteiger charge is -2.38. The number of benzene rings is 1. The molecule has 124 valence electrons. The average molecular weight is 324 g/mol. The highest BCUT2D eigenvalue weighted by atomic mass is 16.5. The van der Waals surface area contributed by atoms with E-state index in [1.165, 1.54) is 0 Å². The number of pyridine rings is 1. The zero-order valence-corrected chi connectivity index (χ0v) is 13.5. The highest BCUT2D eigenvalue weighted by molar-refractivity contribution is 5.94. The van der Waals surface area contributed by atoms with Crippen LogP contribution in [0.5, 0.6) is 5.75 Å². The van der Waals surface area contributed by atoms with Crippen molar-refractivity contribution < 1.29 is 14.3 Å². The molecule has 1 amide bonds. The zero-order valence-electron chi connectivity index (χ0n) is 13.5. The van der Waals surface area contributed by atoms with Crippen molar-refractivity contribution in [2.24, 2.45) is 0 Å². The number of aromatic nitrogens is 1. The Bertz CT molecular complexity index is 726. The zero-order chi connectivity index (χ0) is 16.4. The van der Waals surface area contributed by atoms with Gasteiger partial charge in [-0.2, -0.15) is 0 Å². The standard InChI is InChI=1S/C19H20N2O3/c22-18(15-5-3-9-20-12-15)21-13-16-4-1-2-6-17(16)24-19(14-21)7-10-23-11-8-19/h1-6,9,12H,7-8,10-11,13-14H2. The first-order valence-corrected chi connectivity index (χ1v) is 8.30. The lowest BCUT2D eigenvalue weighted by atomic mass is 9.93. The van der Waals surface area contributed by atoms with Crippen molar-refractivity contribution in [1.29, 1.82) is 0 Å². The first kappa shape index (κ1) is 15.1. The van der Waals surface area contributed by atoms with E-state index in [4.69, 9.17) is 9.47 Å². The van der Waals surface area contributed by atoms with Crippen molar-refractivity contribution in [2.45, 2.75) is 25.0 Å². The molecule has 1 fully saturated rings. The van der Waals surface area contributed by atoms with Crippen LogP contribution in [0.15, 0.2) is 48.8 Å². The molecule has 0 N–H and O–H groups in total. The molecule has 1 aromatic heterocycles. The van der Waals surface area contributed by atoms with Gasteiger partial charge in [0.25, 0.3) is 5.91 Å². The third kappa shape index (κ3) is 2.87. The molecule has 3 heterocycles. The highest BCUT2D eigenvalue weighted by Gasteiger charge is 2.40. The van der Waals surface area contributed by atoms with Crippen LogP contribution >= 0.6 is 0 Å². The summed E-state index contributed by atoms with van der Waals surface area (Å²) >= 11 is 0. The second-order valence-electron chi connectivity index (χ2n) is 6.41. The van der Waals surface area contributed by atoms with Crippen LogP contribution in [0.1, 0.15) is 28.8 Å². The SMILES string of the molecule is O=C(c1cccnc1)N1Cc2ccccc2OC2(CCOCC2)C1. The van der Waals surface area contributed by atoms with Gasteiger partial charge in [0, 0.05) is 37.3 Å². The van der Waals surface area contributed by atoms with E-state index < -0.39 is 0 Å². The van der Waals surface area contributed by atoms with Crippen molar-refractivity contribution in [1.82, 2.24) is 9.88 Å². The molecule has 0 aliphatic carbocycles. The molecule has 1 aromatic carbocycles. The van der Waals surface area contributed by atoms with Crippen LogP contribution in [-0.4, -0.2) is 41.2 Å². The third-order valence-electron chi connectivity index (χ3n) is 4.74. The fourth-order valence-electron chi connectivity index (χ4n) is 3.43. The van der Waals surface area contributed by atoms with E-state index >= 15 is 0 Å². The maximum absolute atomic E-state index is 13.0. The number of para-hydroxylation sites is 1. The number of hydrogen-bond acceptors (Lipinski definition) is 4. The summed E-state index contributed by atoms with van der Waals surface area (Å²) in [6.45, 7) is 2.44. The Kier molecular flexibility index (Phi) is 3.94. The Hall–Kier alpha value is -2.40. The molecule has 1 spiro atoms. The molecular weight excluding hydrogens is 304 g/mol. The monoisotopic (exact) mass is 324 g/mol. The number of nitrogens with zero attached hydrogens (tertiary/aromatic N) is 2. The summed E-state index contributed by atoms with van der Waals surface area (Å²) in [6, 6.07) is 11.6. The van der Waals surface area contributed by atoms with Crippen molar-refractivity contribution in [3.63, 3.8) is 0 Å². The van der Waals surface area contributed by atoms with Gasteiger partial charge in [0.1, 0.15) is 11.4 Å². The summed E-state index contributed by atoms with van der Waals surface area (Å²) in [6.07, 6.45) is 4.88. The van der Waals surface area contributed by atoms with Crippen molar-refractivity contribution >= 4 is 5.91 Å². The van der Waals surface area contributed by atoms with Gasteiger partial charge in [-0.05, 0) is 18.2 Å². The Labute approximate surface area is 141 Å². The Morgan fingerprint density at radius 3 is 2.75 bits per heavy atom. The van der Waals surface area contributed by atoms with Crippen LogP contribution in [-0.2, 0) is 11.3 Å². The smallest absolute Gasteiger partial charge is 0.255 e. The summed E-state index contributed by atoms with van der Waals surface area (Å²) in [5.41, 5.74) is 1.28. The molecule has 4 rings (SSSR count). The lowest BCUT2D eigenvalue weighted by Crippen LogP contribution is -2.50. The van der Waals surface area contributed by atoms with Crippen LogP contribution in [0.25, 0.3) is 0 Å². The second-order valence-corrected chi connectivity index (χ2v) is 6.41. The maximum atomic E-state index is 13.0. The minimum atomic E-state index is -0.372. The minimum absolute atomic E-state index is 0.00531. The number of carbonyl (C=O) groups excluding carboxylic acids is 1. The number of rotatable bonds is 1. The Morgan fingerprint density at radius 2 is 1.96 bits per heavy atom. The van der Waals surface area contributed by atoms with Crippen LogP contribution < -0.4 is 4.74 Å². The fraction of sp³-hybridized carbons (Fsp3) is 0.368. The van der Waals surface area contributed by atoms with E-state index in [1.54, 1.807) is 18.5 Å². The fourth-order valence-corrected chi connectivity index (χ4v) is 3.43. The largest absolute Gasteiger partial charge is 0.485 e. The van der Waals surface area contributed by atoms with Gasteiger partial charge in [-0.15, -0.1) is 0 Å². The second kappa shape index (κ2) is 6.24. The van der Waals surface area contributed by atoms with Gasteiger partial charge in [-0.1, -0.05) is 18.2 Å². The number of ether oxygens (including phenoxy) is 2. The van der Waals surface area contributed by atoms with E-state index in [0.29, 0.717) is 31.9 Å². The molecule has 0 bridgehead atoms. The molecule has 0 atom stereocenters. The summed E-state index contributed by atoms with van der Waals surface area (Å²) in [5, 5.41) is 0. The first-order chi connectivity index (χ1) is 11.8. The number of carbonyl (C=O) groups is 1. The van der Waals surface area contributed by atoms with Crippen LogP contribution in [0.3, 0.4) is 0 Å². The summed E-state index contributed by atoms with van der Waals surface area (Å²) in [4.78, 5) is 18.9. The molecule has 5 heteroatoms. The van der Waals surface area contributed by atoms with Crippen LogP contribution in [0.2, 0.25) is 0 Å². The van der Waals surface area contributed by atoms with E-state index in [1.807, 2.05) is 35.2 Å². The maximum Gasteiger partial charge on any atom is 0.255 e. The highest BCUT2D eigenvalue weighted by Crippen LogP contribution is 2.35. The quantitative estimate of drug-likeness (QED) is 0.809. The van der Waals surface area contributed by atoms with Gasteiger partial charge in [0.15, 0.2) is 0 Å². The molecule has 0 radical (unpaired) electrons. The molecular formula is C19H20N2O3. The first-order valence-electron chi connectivity index (χ1n) is 8.30.